The quantitative estimate of drug-likeness (QED) is 0.0213. The molecule has 2 aromatic heterocycles. The van der Waals surface area contributed by atoms with Crippen molar-refractivity contribution in [3.8, 4) is 5.75 Å². The van der Waals surface area contributed by atoms with Crippen LogP contribution in [0, 0.1) is 13.0 Å². The van der Waals surface area contributed by atoms with Gasteiger partial charge in [-0.1, -0.05) is 12.1 Å². The molecule has 0 saturated carbocycles. The molecule has 0 bridgehead atoms. The van der Waals surface area contributed by atoms with E-state index >= 15 is 0 Å². The lowest BCUT2D eigenvalue weighted by atomic mass is 10.1. The highest BCUT2D eigenvalue weighted by Gasteiger charge is 2.26. The number of anilines is 6. The predicted molar refractivity (Wildman–Crippen MR) is 281 cm³/mol. The minimum atomic E-state index is -5.22. The van der Waals surface area contributed by atoms with Gasteiger partial charge >= 0.3 is 6.08 Å². The number of azo groups is 2. The van der Waals surface area contributed by atoms with E-state index in [4.69, 9.17) is 16.3 Å². The largest absolute Gasteiger partial charge is 0.494 e. The minimum Gasteiger partial charge on any atom is -0.494 e. The number of nitrogens with zero attached hydrogens (tertiary/aromatic N) is 10. The Kier molecular flexibility index (Phi) is 16.1. The molecule has 2 heterocycles. The van der Waals surface area contributed by atoms with Crippen LogP contribution in [-0.2, 0) is 51.2 Å². The summed E-state index contributed by atoms with van der Waals surface area (Å²) in [7, 11) is -22.0. The number of aromatic nitrogens is 6. The molecule has 8 N–H and O–H groups in total. The van der Waals surface area contributed by atoms with Gasteiger partial charge in [0.2, 0.25) is 29.1 Å². The Morgan fingerprint density at radius 2 is 1.25 bits per heavy atom. The summed E-state index contributed by atoms with van der Waals surface area (Å²) in [4.78, 5) is 20.4. The highest BCUT2D eigenvalue weighted by atomic mass is 35.5. The Bertz CT molecular complexity index is 4410. The highest BCUT2D eigenvalue weighted by molar-refractivity contribution is 7.87. The second kappa shape index (κ2) is 22.3. The van der Waals surface area contributed by atoms with Gasteiger partial charge in [-0.2, -0.15) is 73.1 Å². The van der Waals surface area contributed by atoms with Crippen molar-refractivity contribution in [2.45, 2.75) is 44.4 Å². The lowest BCUT2D eigenvalue weighted by Gasteiger charge is -2.16. The first-order valence-corrected chi connectivity index (χ1v) is 29.1. The Morgan fingerprint density at radius 3 is 1.91 bits per heavy atom. The van der Waals surface area contributed by atoms with E-state index < -0.39 is 99.3 Å². The van der Waals surface area contributed by atoms with Gasteiger partial charge in [0, 0.05) is 40.5 Å². The molecular formula is C43H36ClFN14O15S5. The smallest absolute Gasteiger partial charge is 0.315 e. The molecule has 0 aliphatic carbocycles. The van der Waals surface area contributed by atoms with Gasteiger partial charge in [0.1, 0.15) is 31.8 Å². The lowest BCUT2D eigenvalue weighted by Crippen LogP contribution is -2.27. The van der Waals surface area contributed by atoms with Crippen LogP contribution >= 0.6 is 11.6 Å². The molecule has 6 aromatic carbocycles. The van der Waals surface area contributed by atoms with E-state index in [1.165, 1.54) is 74.7 Å². The third kappa shape index (κ3) is 13.6. The first-order chi connectivity index (χ1) is 37.0. The van der Waals surface area contributed by atoms with Gasteiger partial charge in [-0.25, -0.2) is 8.42 Å². The summed E-state index contributed by atoms with van der Waals surface area (Å²) in [5.41, 5.74) is 0.150. The van der Waals surface area contributed by atoms with E-state index in [1.54, 1.807) is 6.92 Å². The van der Waals surface area contributed by atoms with Crippen molar-refractivity contribution in [3.05, 3.63) is 108 Å². The average Bonchev–Trinajstić information content (AvgIpc) is 3.47. The van der Waals surface area contributed by atoms with Crippen molar-refractivity contribution in [2.75, 3.05) is 34.9 Å². The maximum Gasteiger partial charge on any atom is 0.315 e. The Labute approximate surface area is 452 Å². The maximum atomic E-state index is 14.4. The molecule has 0 saturated heterocycles. The third-order valence-corrected chi connectivity index (χ3v) is 15.2. The van der Waals surface area contributed by atoms with E-state index in [1.807, 2.05) is 0 Å². The van der Waals surface area contributed by atoms with E-state index in [9.17, 15) is 64.7 Å². The predicted octanol–water partition coefficient (Wildman–Crippen LogP) is 7.66. The molecule has 0 fully saturated rings. The van der Waals surface area contributed by atoms with Crippen molar-refractivity contribution < 1.29 is 69.4 Å². The molecule has 29 nitrogen and oxygen atoms in total. The molecule has 8 rings (SSSR count). The van der Waals surface area contributed by atoms with Gasteiger partial charge in [0.05, 0.1) is 34.0 Å². The second-order valence-corrected chi connectivity index (χ2v) is 23.3. The van der Waals surface area contributed by atoms with E-state index in [0.717, 1.165) is 12.1 Å². The number of aryl methyl sites for hydroxylation is 1. The number of nitrogens with one attached hydrogen (secondary N) is 4. The van der Waals surface area contributed by atoms with Gasteiger partial charge in [-0.05, 0) is 109 Å². The number of rotatable bonds is 19. The van der Waals surface area contributed by atoms with Crippen molar-refractivity contribution in [3.63, 3.8) is 0 Å². The number of fused-ring (bicyclic) bond motifs is 2. The number of benzene rings is 6. The van der Waals surface area contributed by atoms with E-state index in [0.29, 0.717) is 29.4 Å². The van der Waals surface area contributed by atoms with Gasteiger partial charge in [0.15, 0.2) is 10.7 Å². The monoisotopic (exact) mass is 1200 g/mol. The first kappa shape index (κ1) is 57.1. The lowest BCUT2D eigenvalue weighted by molar-refractivity contribution is 0.416. The van der Waals surface area contributed by atoms with Crippen LogP contribution in [0.1, 0.15) is 12.5 Å². The van der Waals surface area contributed by atoms with Gasteiger partial charge in [-0.3, -0.25) is 18.2 Å². The molecular weight excluding hydrogens is 1170 g/mol. The van der Waals surface area contributed by atoms with Crippen molar-refractivity contribution in [2.24, 2.45) is 20.5 Å². The SMILES string of the molecule is COc1cc(N=Nc2cc3c(S(=O)(=O)O)cc(S(=O)(=O)O)cc3cc2S(=O)(=O)O)c(C)cc1N=Nc1ccc(Nc2nc(Cl)nc(NCC(C)Nc3nc(F)nc(Nc4ccc([SH](=O)=O)cc4)n3)n2)c2c(S(=O)(=O)O)cccc12. The molecule has 0 spiro atoms. The van der Waals surface area contributed by atoms with Crippen molar-refractivity contribution >= 4 is 142 Å². The fourth-order valence-corrected chi connectivity index (χ4v) is 10.6. The molecule has 412 valence electrons. The molecule has 36 heteroatoms. The normalized spacial score (nSPS) is 12.9. The van der Waals surface area contributed by atoms with Crippen LogP contribution in [0.5, 0.6) is 5.75 Å². The zero-order valence-electron chi connectivity index (χ0n) is 40.0. The molecule has 1 atom stereocenters. The number of ether oxygens (including phenoxy) is 1. The Balaban J connectivity index is 1.04. The molecule has 0 amide bonds. The summed E-state index contributed by atoms with van der Waals surface area (Å²) in [6.45, 7) is 3.25. The second-order valence-electron chi connectivity index (χ2n) is 16.4. The minimum absolute atomic E-state index is 0.000438. The fourth-order valence-electron chi connectivity index (χ4n) is 7.34. The Morgan fingerprint density at radius 1 is 0.633 bits per heavy atom. The van der Waals surface area contributed by atoms with Crippen LogP contribution in [0.15, 0.2) is 136 Å². The molecule has 1 unspecified atom stereocenters. The van der Waals surface area contributed by atoms with E-state index in [-0.39, 0.29) is 79.8 Å². The summed E-state index contributed by atoms with van der Waals surface area (Å²) in [6, 6.07) is 17.1. The van der Waals surface area contributed by atoms with E-state index in [2.05, 4.69) is 71.6 Å². The number of thiol groups is 1. The molecule has 0 radical (unpaired) electrons. The zero-order chi connectivity index (χ0) is 57.4. The average molecular weight is 1200 g/mol. The van der Waals surface area contributed by atoms with Crippen molar-refractivity contribution in [1.82, 2.24) is 29.9 Å². The topological polar surface area (TPSA) is 436 Å². The summed E-state index contributed by atoms with van der Waals surface area (Å²) >= 11 is 6.27. The number of halogens is 2. The van der Waals surface area contributed by atoms with Crippen LogP contribution in [0.2, 0.25) is 5.28 Å². The zero-order valence-corrected chi connectivity index (χ0v) is 44.9. The van der Waals surface area contributed by atoms with Crippen LogP contribution in [0.25, 0.3) is 21.5 Å². The highest BCUT2D eigenvalue weighted by Crippen LogP contribution is 2.42. The van der Waals surface area contributed by atoms with Crippen LogP contribution in [0.3, 0.4) is 0 Å². The Hall–Kier alpha value is -8.13. The molecule has 79 heavy (non-hydrogen) atoms. The number of hydrogen-bond donors (Lipinski definition) is 9. The molecule has 0 aliphatic heterocycles. The van der Waals surface area contributed by atoms with Crippen LogP contribution in [0.4, 0.5) is 62.3 Å². The first-order valence-electron chi connectivity index (χ1n) is 21.8. The van der Waals surface area contributed by atoms with Gasteiger partial charge in [-0.15, -0.1) is 15.3 Å². The summed E-state index contributed by atoms with van der Waals surface area (Å²) in [5.74, 6) is -0.617. The molecule has 8 aromatic rings. The molecule has 0 aliphatic rings. The third-order valence-electron chi connectivity index (χ3n) is 10.8. The number of hydrogen-bond acceptors (Lipinski definition) is 25. The summed E-state index contributed by atoms with van der Waals surface area (Å²) < 4.78 is 181. The van der Waals surface area contributed by atoms with Crippen LogP contribution in [-0.4, -0.2) is 110 Å². The van der Waals surface area contributed by atoms with Crippen molar-refractivity contribution in [1.29, 1.82) is 0 Å². The van der Waals surface area contributed by atoms with Crippen LogP contribution < -0.4 is 26.0 Å². The summed E-state index contributed by atoms with van der Waals surface area (Å²) in [5, 5.41) is 26.9. The summed E-state index contributed by atoms with van der Waals surface area (Å²) in [6.07, 6.45) is -1.12. The maximum absolute atomic E-state index is 14.4. The van der Waals surface area contributed by atoms with Gasteiger partial charge < -0.3 is 26.0 Å². The number of methoxy groups -OCH3 is 1. The standard InChI is InChI=1S/C43H36ClFN14O15S5/c1-20-13-31(33(74-3)18-30(20)57-59-32-17-27-22(15-36(32)79(71,72)73)14-25(76(62,63)64)16-35(27)78(68,69)70)58-56-28-11-12-29(37-26(28)5-4-6-34(37)77(65,66)67)49-43-51-38(44)50-40(54-43)46-19-21(2)47-41-52-39(45)53-42(55-41)48-23-7-9-24(10-8-23)75(60)61/h4-18,21,75H,19H2,1-3H3,(H,62,63,64)(H,65,66,67)(H,68,69,70)(H,71,72,73)(H2,46,49,50,51,54)(H2,47,48,52,53,55). The van der Waals surface area contributed by atoms with Gasteiger partial charge in [0.25, 0.3) is 40.5 Å². The fraction of sp³-hybridized carbons (Fsp3) is 0.116.